The molecule has 0 amide bonds. The molecule has 4 heteroatoms. The fourth-order valence-corrected chi connectivity index (χ4v) is 8.51. The molecule has 0 aliphatic heterocycles. The highest BCUT2D eigenvalue weighted by atomic mass is 15.0. The van der Waals surface area contributed by atoms with Gasteiger partial charge in [-0.15, -0.1) is 0 Å². The number of rotatable bonds is 8. The monoisotopic (exact) mass is 778 g/mol. The summed E-state index contributed by atoms with van der Waals surface area (Å²) in [5, 5.41) is 2.39. The first-order valence-electron chi connectivity index (χ1n) is 20.6. The Labute approximate surface area is 354 Å². The molecule has 0 aliphatic rings. The standard InChI is InChI=1S/C57H38N4/c1-6-18-39(19-7-1)44-30-33-53-50(36-44)51-37-45(40-20-8-2-9-21-40)31-34-54(51)61(53)52-35-32-46(38-49(52)48-29-17-16-28-47(48)41-22-10-3-11-23-41)57-59-55(42-24-12-4-13-25-42)58-56(60-57)43-26-14-5-15-27-43/h1-38H. The van der Waals surface area contributed by atoms with Gasteiger partial charge in [-0.3, -0.25) is 0 Å². The second kappa shape index (κ2) is 15.5. The highest BCUT2D eigenvalue weighted by Crippen LogP contribution is 2.43. The minimum absolute atomic E-state index is 0.611. The fourth-order valence-electron chi connectivity index (χ4n) is 8.51. The summed E-state index contributed by atoms with van der Waals surface area (Å²) in [4.78, 5) is 15.3. The predicted molar refractivity (Wildman–Crippen MR) is 252 cm³/mol. The maximum absolute atomic E-state index is 5.16. The van der Waals surface area contributed by atoms with Gasteiger partial charge in [0.2, 0.25) is 0 Å². The van der Waals surface area contributed by atoms with Crippen LogP contribution in [-0.2, 0) is 0 Å². The van der Waals surface area contributed by atoms with Gasteiger partial charge in [0.15, 0.2) is 17.5 Å². The summed E-state index contributed by atoms with van der Waals surface area (Å²) in [7, 11) is 0. The molecule has 9 aromatic carbocycles. The molecule has 2 heterocycles. The summed E-state index contributed by atoms with van der Waals surface area (Å²) in [6, 6.07) is 81.4. The normalized spacial score (nSPS) is 11.3. The van der Waals surface area contributed by atoms with Crippen LogP contribution in [0.2, 0.25) is 0 Å². The van der Waals surface area contributed by atoms with Crippen molar-refractivity contribution in [1.29, 1.82) is 0 Å². The number of hydrogen-bond acceptors (Lipinski definition) is 3. The zero-order chi connectivity index (χ0) is 40.5. The van der Waals surface area contributed by atoms with Crippen LogP contribution >= 0.6 is 0 Å². The molecule has 0 saturated carbocycles. The number of nitrogens with zero attached hydrogens (tertiary/aromatic N) is 4. The molecule has 61 heavy (non-hydrogen) atoms. The Bertz CT molecular complexity index is 3170. The molecule has 0 N–H and O–H groups in total. The van der Waals surface area contributed by atoms with E-state index in [1.165, 1.54) is 33.0 Å². The van der Waals surface area contributed by atoms with Gasteiger partial charge in [0.05, 0.1) is 16.7 Å². The van der Waals surface area contributed by atoms with E-state index in [0.29, 0.717) is 17.5 Å². The largest absolute Gasteiger partial charge is 0.309 e. The minimum atomic E-state index is 0.611. The van der Waals surface area contributed by atoms with Crippen molar-refractivity contribution >= 4 is 21.8 Å². The molecule has 11 aromatic rings. The van der Waals surface area contributed by atoms with Crippen LogP contribution in [0.3, 0.4) is 0 Å². The number of aromatic nitrogens is 4. The molecule has 0 fully saturated rings. The molecule has 0 radical (unpaired) electrons. The molecule has 4 nitrogen and oxygen atoms in total. The van der Waals surface area contributed by atoms with E-state index < -0.39 is 0 Å². The van der Waals surface area contributed by atoms with Gasteiger partial charge in [-0.05, 0) is 81.4 Å². The Morgan fingerprint density at radius 1 is 0.246 bits per heavy atom. The summed E-state index contributed by atoms with van der Waals surface area (Å²) in [6.45, 7) is 0. The molecule has 11 rings (SSSR count). The average Bonchev–Trinajstić information content (AvgIpc) is 3.68. The second-order valence-corrected chi connectivity index (χ2v) is 15.2. The van der Waals surface area contributed by atoms with Crippen molar-refractivity contribution in [3.63, 3.8) is 0 Å². The van der Waals surface area contributed by atoms with E-state index in [4.69, 9.17) is 15.0 Å². The third-order valence-corrected chi connectivity index (χ3v) is 11.5. The van der Waals surface area contributed by atoms with E-state index >= 15 is 0 Å². The Morgan fingerprint density at radius 2 is 0.623 bits per heavy atom. The SMILES string of the molecule is c1ccc(-c2ccc3c(c2)c2cc(-c4ccccc4)ccc2n3-c2ccc(-c3nc(-c4ccccc4)nc(-c4ccccc4)n3)cc2-c2ccccc2-c2ccccc2)cc1. The lowest BCUT2D eigenvalue weighted by Gasteiger charge is -2.18. The van der Waals surface area contributed by atoms with Gasteiger partial charge in [-0.2, -0.15) is 0 Å². The van der Waals surface area contributed by atoms with Crippen LogP contribution in [0.25, 0.3) is 106 Å². The Kier molecular flexibility index (Phi) is 9.14. The number of hydrogen-bond donors (Lipinski definition) is 0. The Morgan fingerprint density at radius 3 is 1.10 bits per heavy atom. The molecular formula is C57H38N4. The fraction of sp³-hybridized carbons (Fsp3) is 0. The van der Waals surface area contributed by atoms with E-state index in [9.17, 15) is 0 Å². The van der Waals surface area contributed by atoms with Crippen molar-refractivity contribution in [1.82, 2.24) is 19.5 Å². The van der Waals surface area contributed by atoms with Crippen LogP contribution < -0.4 is 0 Å². The van der Waals surface area contributed by atoms with E-state index in [1.807, 2.05) is 60.7 Å². The highest BCUT2D eigenvalue weighted by molar-refractivity contribution is 6.12. The lowest BCUT2D eigenvalue weighted by atomic mass is 9.92. The molecule has 286 valence electrons. The van der Waals surface area contributed by atoms with Crippen LogP contribution in [0.5, 0.6) is 0 Å². The van der Waals surface area contributed by atoms with Gasteiger partial charge in [0, 0.05) is 33.0 Å². The molecule has 0 saturated heterocycles. The average molecular weight is 779 g/mol. The van der Waals surface area contributed by atoms with Crippen LogP contribution in [-0.4, -0.2) is 19.5 Å². The molecule has 0 aliphatic carbocycles. The summed E-state index contributed by atoms with van der Waals surface area (Å²) in [6.07, 6.45) is 0. The summed E-state index contributed by atoms with van der Waals surface area (Å²) < 4.78 is 2.44. The van der Waals surface area contributed by atoms with Gasteiger partial charge in [-0.25, -0.2) is 15.0 Å². The molecule has 0 spiro atoms. The quantitative estimate of drug-likeness (QED) is 0.154. The number of benzene rings is 9. The van der Waals surface area contributed by atoms with Crippen LogP contribution in [0, 0.1) is 0 Å². The lowest BCUT2D eigenvalue weighted by molar-refractivity contribution is 1.07. The maximum atomic E-state index is 5.16. The first kappa shape index (κ1) is 35.9. The van der Waals surface area contributed by atoms with Gasteiger partial charge < -0.3 is 4.57 Å². The highest BCUT2D eigenvalue weighted by Gasteiger charge is 2.21. The van der Waals surface area contributed by atoms with Gasteiger partial charge in [-0.1, -0.05) is 188 Å². The zero-order valence-corrected chi connectivity index (χ0v) is 33.2. The summed E-state index contributed by atoms with van der Waals surface area (Å²) >= 11 is 0. The van der Waals surface area contributed by atoms with E-state index in [0.717, 1.165) is 55.7 Å². The third kappa shape index (κ3) is 6.76. The number of fused-ring (bicyclic) bond motifs is 3. The lowest BCUT2D eigenvalue weighted by Crippen LogP contribution is -2.02. The predicted octanol–water partition coefficient (Wildman–Crippen LogP) is 14.6. The van der Waals surface area contributed by atoms with Crippen LogP contribution in [0.1, 0.15) is 0 Å². The zero-order valence-electron chi connectivity index (χ0n) is 33.2. The summed E-state index contributed by atoms with van der Waals surface area (Å²) in [5.41, 5.74) is 15.3. The first-order chi connectivity index (χ1) is 30.2. The smallest absolute Gasteiger partial charge is 0.164 e. The first-order valence-corrected chi connectivity index (χ1v) is 20.6. The van der Waals surface area contributed by atoms with E-state index in [2.05, 4.69) is 174 Å². The van der Waals surface area contributed by atoms with E-state index in [-0.39, 0.29) is 0 Å². The van der Waals surface area contributed by atoms with Crippen molar-refractivity contribution in [2.75, 3.05) is 0 Å². The molecule has 0 bridgehead atoms. The molecule has 0 atom stereocenters. The van der Waals surface area contributed by atoms with Gasteiger partial charge in [0.1, 0.15) is 0 Å². The maximum Gasteiger partial charge on any atom is 0.164 e. The topological polar surface area (TPSA) is 43.6 Å². The van der Waals surface area contributed by atoms with Crippen molar-refractivity contribution < 1.29 is 0 Å². The molecule has 0 unspecified atom stereocenters. The van der Waals surface area contributed by atoms with Gasteiger partial charge in [0.25, 0.3) is 0 Å². The third-order valence-electron chi connectivity index (χ3n) is 11.5. The van der Waals surface area contributed by atoms with Crippen molar-refractivity contribution in [3.05, 3.63) is 231 Å². The van der Waals surface area contributed by atoms with Gasteiger partial charge >= 0.3 is 0 Å². The Balaban J connectivity index is 1.19. The van der Waals surface area contributed by atoms with Crippen molar-refractivity contribution in [2.24, 2.45) is 0 Å². The minimum Gasteiger partial charge on any atom is -0.309 e. The van der Waals surface area contributed by atoms with Crippen molar-refractivity contribution in [2.45, 2.75) is 0 Å². The van der Waals surface area contributed by atoms with Crippen molar-refractivity contribution in [3.8, 4) is 84.4 Å². The Hall–Kier alpha value is -8.21. The second-order valence-electron chi connectivity index (χ2n) is 15.2. The molecular weight excluding hydrogens is 741 g/mol. The van der Waals surface area contributed by atoms with Crippen LogP contribution in [0.15, 0.2) is 231 Å². The van der Waals surface area contributed by atoms with E-state index in [1.54, 1.807) is 0 Å². The van der Waals surface area contributed by atoms with Crippen LogP contribution in [0.4, 0.5) is 0 Å². The molecule has 2 aromatic heterocycles. The summed E-state index contributed by atoms with van der Waals surface area (Å²) in [5.74, 6) is 1.87.